The molecule has 1 saturated heterocycles. The Kier molecular flexibility index (Phi) is 7.71. The van der Waals surface area contributed by atoms with Gasteiger partial charge in [-0.1, -0.05) is 30.3 Å². The highest BCUT2D eigenvalue weighted by molar-refractivity contribution is 6.10. The van der Waals surface area contributed by atoms with Crippen molar-refractivity contribution in [3.05, 3.63) is 77.4 Å². The zero-order chi connectivity index (χ0) is 31.1. The largest absolute Gasteiger partial charge is 0.408 e. The molecule has 2 atom stereocenters. The molecule has 10 nitrogen and oxygen atoms in total. The van der Waals surface area contributed by atoms with E-state index in [-0.39, 0.29) is 24.4 Å². The number of amides is 5. The molecule has 226 valence electrons. The summed E-state index contributed by atoms with van der Waals surface area (Å²) in [6.07, 6.45) is -0.850. The lowest BCUT2D eigenvalue weighted by atomic mass is 9.90. The van der Waals surface area contributed by atoms with Crippen LogP contribution in [-0.4, -0.2) is 69.1 Å². The first-order chi connectivity index (χ1) is 20.3. The van der Waals surface area contributed by atoms with Crippen molar-refractivity contribution in [3.8, 4) is 11.1 Å². The van der Waals surface area contributed by atoms with Crippen LogP contribution in [0.3, 0.4) is 0 Å². The van der Waals surface area contributed by atoms with Crippen molar-refractivity contribution in [3.63, 3.8) is 0 Å². The summed E-state index contributed by atoms with van der Waals surface area (Å²) in [6.45, 7) is -0.545. The number of fused-ring (bicyclic) bond motifs is 2. The molecule has 3 aromatic rings. The Labute approximate surface area is 243 Å². The highest BCUT2D eigenvalue weighted by Crippen LogP contribution is 2.43. The van der Waals surface area contributed by atoms with E-state index in [4.69, 9.17) is 0 Å². The molecule has 0 radical (unpaired) electrons. The molecule has 1 unspecified atom stereocenters. The van der Waals surface area contributed by atoms with Crippen LogP contribution >= 0.6 is 0 Å². The standard InChI is InChI=1S/C29H28F4N6O4/c1-17(29(31,32)33)38(13-18-3-6-22(30)7-4-18)25(41)16-39-26(42)28(36-27(39)43)10-9-20-11-19(5-8-23(20)28)21-12-35-37(14-21)15-24(40)34-2/h3-8,11-12,14,17H,9-10,13,15-16H2,1-2H3,(H,34,40)(H,36,43)/t17?,28-/m0/s1. The number of aryl methyl sites for hydroxylation is 1. The number of likely N-dealkylation sites (N-methyl/N-ethyl adjacent to an activating group) is 1. The van der Waals surface area contributed by atoms with E-state index in [9.17, 15) is 36.7 Å². The predicted molar refractivity (Wildman–Crippen MR) is 144 cm³/mol. The molecule has 0 saturated carbocycles. The van der Waals surface area contributed by atoms with Crippen LogP contribution in [0.25, 0.3) is 11.1 Å². The number of urea groups is 1. The van der Waals surface area contributed by atoms with E-state index in [1.54, 1.807) is 24.5 Å². The lowest BCUT2D eigenvalue weighted by molar-refractivity contribution is -0.187. The molecule has 1 spiro atoms. The molecule has 1 aliphatic carbocycles. The van der Waals surface area contributed by atoms with Crippen molar-refractivity contribution in [2.24, 2.45) is 0 Å². The Bertz CT molecular complexity index is 1590. The summed E-state index contributed by atoms with van der Waals surface area (Å²) >= 11 is 0. The molecule has 1 aliphatic heterocycles. The zero-order valence-electron chi connectivity index (χ0n) is 23.2. The van der Waals surface area contributed by atoms with E-state index in [2.05, 4.69) is 15.7 Å². The predicted octanol–water partition coefficient (Wildman–Crippen LogP) is 3.11. The summed E-state index contributed by atoms with van der Waals surface area (Å²) in [5.41, 5.74) is 1.63. The van der Waals surface area contributed by atoms with Crippen LogP contribution in [-0.2, 0) is 39.4 Å². The van der Waals surface area contributed by atoms with Crippen molar-refractivity contribution < 1.29 is 36.7 Å². The van der Waals surface area contributed by atoms with Gasteiger partial charge < -0.3 is 15.5 Å². The number of alkyl halides is 3. The number of carbonyl (C=O) groups excluding carboxylic acids is 4. The number of hydrogen-bond donors (Lipinski definition) is 2. The summed E-state index contributed by atoms with van der Waals surface area (Å²) < 4.78 is 55.9. The monoisotopic (exact) mass is 600 g/mol. The van der Waals surface area contributed by atoms with Gasteiger partial charge >= 0.3 is 12.2 Å². The number of carbonyl (C=O) groups is 4. The van der Waals surface area contributed by atoms with Crippen molar-refractivity contribution >= 4 is 23.8 Å². The zero-order valence-corrected chi connectivity index (χ0v) is 23.2. The van der Waals surface area contributed by atoms with Gasteiger partial charge in [0, 0.05) is 25.4 Å². The van der Waals surface area contributed by atoms with Gasteiger partial charge in [0.2, 0.25) is 11.8 Å². The second kappa shape index (κ2) is 11.2. The normalized spacial score (nSPS) is 18.5. The Morgan fingerprint density at radius 1 is 1.12 bits per heavy atom. The van der Waals surface area contributed by atoms with Gasteiger partial charge in [-0.2, -0.15) is 18.3 Å². The Morgan fingerprint density at radius 3 is 2.51 bits per heavy atom. The minimum absolute atomic E-state index is 0.0444. The minimum Gasteiger partial charge on any atom is -0.358 e. The lowest BCUT2D eigenvalue weighted by Crippen LogP contribution is -2.51. The summed E-state index contributed by atoms with van der Waals surface area (Å²) in [7, 11) is 1.52. The molecule has 0 bridgehead atoms. The van der Waals surface area contributed by atoms with Crippen LogP contribution in [0.1, 0.15) is 30.0 Å². The molecular weight excluding hydrogens is 572 g/mol. The fraction of sp³-hybridized carbons (Fsp3) is 0.345. The minimum atomic E-state index is -4.78. The number of imide groups is 1. The van der Waals surface area contributed by atoms with E-state index < -0.39 is 54.5 Å². The van der Waals surface area contributed by atoms with Gasteiger partial charge in [0.05, 0.1) is 6.20 Å². The third-order valence-electron chi connectivity index (χ3n) is 7.88. The molecule has 5 rings (SSSR count). The van der Waals surface area contributed by atoms with Gasteiger partial charge in [-0.05, 0) is 54.2 Å². The Balaban J connectivity index is 1.36. The first-order valence-corrected chi connectivity index (χ1v) is 13.4. The average molecular weight is 601 g/mol. The second-order valence-corrected chi connectivity index (χ2v) is 10.6. The SMILES string of the molecule is CNC(=O)Cn1cc(-c2ccc3c(c2)CC[C@]32NC(=O)N(CC(=O)N(Cc3ccc(F)cc3)C(C)C(F)(F)F)C2=O)cn1. The summed E-state index contributed by atoms with van der Waals surface area (Å²) in [5.74, 6) is -2.61. The molecule has 5 amide bonds. The number of halogens is 4. The van der Waals surface area contributed by atoms with Crippen LogP contribution in [0, 0.1) is 5.82 Å². The molecule has 2 heterocycles. The molecule has 2 aromatic carbocycles. The molecule has 1 fully saturated rings. The highest BCUT2D eigenvalue weighted by atomic mass is 19.4. The van der Waals surface area contributed by atoms with E-state index in [1.807, 2.05) is 6.07 Å². The van der Waals surface area contributed by atoms with Gasteiger partial charge in [0.15, 0.2) is 0 Å². The van der Waals surface area contributed by atoms with Crippen LogP contribution in [0.5, 0.6) is 0 Å². The smallest absolute Gasteiger partial charge is 0.358 e. The lowest BCUT2D eigenvalue weighted by Gasteiger charge is -2.32. The van der Waals surface area contributed by atoms with Crippen LogP contribution in [0.4, 0.5) is 22.4 Å². The molecule has 2 N–H and O–H groups in total. The van der Waals surface area contributed by atoms with Gasteiger partial charge in [-0.3, -0.25) is 24.0 Å². The van der Waals surface area contributed by atoms with E-state index >= 15 is 0 Å². The number of benzene rings is 2. The summed E-state index contributed by atoms with van der Waals surface area (Å²) in [4.78, 5) is 52.7. The van der Waals surface area contributed by atoms with Crippen molar-refractivity contribution in [1.82, 2.24) is 30.2 Å². The first-order valence-electron chi connectivity index (χ1n) is 13.4. The third-order valence-corrected chi connectivity index (χ3v) is 7.88. The van der Waals surface area contributed by atoms with Crippen LogP contribution in [0.15, 0.2) is 54.9 Å². The van der Waals surface area contributed by atoms with Crippen LogP contribution in [0.2, 0.25) is 0 Å². The fourth-order valence-electron chi connectivity index (χ4n) is 5.43. The van der Waals surface area contributed by atoms with Gasteiger partial charge in [-0.25, -0.2) is 9.18 Å². The number of aromatic nitrogens is 2. The Hall–Kier alpha value is -4.75. The van der Waals surface area contributed by atoms with Crippen molar-refractivity contribution in [2.75, 3.05) is 13.6 Å². The maximum atomic E-state index is 13.7. The molecule has 1 aromatic heterocycles. The molecule has 14 heteroatoms. The van der Waals surface area contributed by atoms with Gasteiger partial charge in [0.25, 0.3) is 5.91 Å². The number of nitrogens with zero attached hydrogens (tertiary/aromatic N) is 4. The number of rotatable bonds is 8. The Morgan fingerprint density at radius 2 is 1.84 bits per heavy atom. The summed E-state index contributed by atoms with van der Waals surface area (Å²) in [5, 5.41) is 9.39. The number of nitrogens with one attached hydrogen (secondary N) is 2. The van der Waals surface area contributed by atoms with Gasteiger partial charge in [-0.15, -0.1) is 0 Å². The highest BCUT2D eigenvalue weighted by Gasteiger charge is 2.56. The topological polar surface area (TPSA) is 117 Å². The van der Waals surface area contributed by atoms with E-state index in [0.29, 0.717) is 21.8 Å². The van der Waals surface area contributed by atoms with E-state index in [1.165, 1.54) is 23.9 Å². The fourth-order valence-corrected chi connectivity index (χ4v) is 5.43. The van der Waals surface area contributed by atoms with Crippen molar-refractivity contribution in [1.29, 1.82) is 0 Å². The number of hydrogen-bond acceptors (Lipinski definition) is 5. The average Bonchev–Trinajstić information content (AvgIpc) is 3.64. The second-order valence-electron chi connectivity index (χ2n) is 10.6. The van der Waals surface area contributed by atoms with E-state index in [0.717, 1.165) is 35.7 Å². The first kappa shape index (κ1) is 29.7. The van der Waals surface area contributed by atoms with Crippen LogP contribution < -0.4 is 10.6 Å². The maximum Gasteiger partial charge on any atom is 0.408 e. The quantitative estimate of drug-likeness (QED) is 0.305. The summed E-state index contributed by atoms with van der Waals surface area (Å²) in [6, 6.07) is 6.84. The maximum absolute atomic E-state index is 13.7. The molecule has 43 heavy (non-hydrogen) atoms. The van der Waals surface area contributed by atoms with Gasteiger partial charge in [0.1, 0.15) is 30.5 Å². The molecular formula is C29H28F4N6O4. The van der Waals surface area contributed by atoms with Crippen molar-refractivity contribution in [2.45, 2.75) is 50.6 Å². The third kappa shape index (κ3) is 5.68. The molecule has 2 aliphatic rings.